The van der Waals surface area contributed by atoms with Crippen molar-refractivity contribution in [3.05, 3.63) is 73.1 Å². The summed E-state index contributed by atoms with van der Waals surface area (Å²) in [5.41, 5.74) is -1.68. The predicted octanol–water partition coefficient (Wildman–Crippen LogP) is 10.6. The smallest absolute Gasteiger partial charge is 0.307 e. The molecule has 6 fully saturated rings. The molecule has 4 aromatic rings. The SMILES string of the molecule is COc1ccc2ncc(O[C@@H]3C[C@H]4C(=O)C[C@]5(C(=O)NS(=O)(=O)C6(C)CC6)C[C@H]5/C=C\[C@@H](C)CCC[C@@H](C)[C@H](CC(=O)OC(C)(C)C)C(=O)N4C3)nc2c1.COc1ccc2ncc(O[C@@H]3C[C@H]4C(=O)C[C@]5(C(=O)NS(=O)(=O)C6(C)CC6)C[C@H]5/C=C\[C@H](C)CCC[C@@H](C)[C@H](CC(=O)OC(C)(C)C)C(=O)N4C3)nc2c1. The largest absolute Gasteiger partial charge is 0.497 e. The molecule has 4 amide bonds. The van der Waals surface area contributed by atoms with Crippen molar-refractivity contribution in [2.24, 2.45) is 58.2 Å². The van der Waals surface area contributed by atoms with Crippen LogP contribution in [0.15, 0.2) is 73.1 Å². The number of rotatable bonds is 16. The Hall–Kier alpha value is -8.14. The lowest BCUT2D eigenvalue weighted by atomic mass is 9.84. The molecule has 0 unspecified atom stereocenters. The van der Waals surface area contributed by atoms with Crippen LogP contribution in [0.2, 0.25) is 0 Å². The average molecular weight is 1530 g/mol. The van der Waals surface area contributed by atoms with Gasteiger partial charge in [0.05, 0.1) is 119 Å². The number of methoxy groups -OCH3 is 2. The van der Waals surface area contributed by atoms with Crippen LogP contribution in [-0.4, -0.2) is 166 Å². The minimum atomic E-state index is -3.95. The van der Waals surface area contributed by atoms with Crippen molar-refractivity contribution in [1.29, 1.82) is 0 Å². The Balaban J connectivity index is 0.000000215. The molecule has 26 nitrogen and oxygen atoms in total. The van der Waals surface area contributed by atoms with Crippen LogP contribution in [0.3, 0.4) is 0 Å². The Bertz CT molecular complexity index is 4150. The van der Waals surface area contributed by atoms with Gasteiger partial charge in [-0.3, -0.25) is 47.8 Å². The molecule has 12 rings (SSSR count). The molecule has 8 aliphatic rings. The van der Waals surface area contributed by atoms with Crippen molar-refractivity contribution in [3.8, 4) is 23.3 Å². The van der Waals surface area contributed by atoms with E-state index in [-0.39, 0.29) is 122 Å². The summed E-state index contributed by atoms with van der Waals surface area (Å²) in [5.74, 6) is -4.53. The van der Waals surface area contributed by atoms with Gasteiger partial charge in [-0.05, 0) is 179 Å². The Kier molecular flexibility index (Phi) is 23.5. The van der Waals surface area contributed by atoms with Gasteiger partial charge in [-0.25, -0.2) is 36.8 Å². The molecule has 4 saturated carbocycles. The summed E-state index contributed by atoms with van der Waals surface area (Å²) in [6.07, 6.45) is 16.1. The molecule has 0 radical (unpaired) electrons. The average Bonchev–Trinajstić information content (AvgIpc) is 1.57. The summed E-state index contributed by atoms with van der Waals surface area (Å²) in [6.45, 7) is 22.0. The summed E-state index contributed by atoms with van der Waals surface area (Å²) in [7, 11) is -4.79. The first-order valence-corrected chi connectivity index (χ1v) is 41.2. The first-order chi connectivity index (χ1) is 50.7. The molecule has 6 heterocycles. The van der Waals surface area contributed by atoms with Gasteiger partial charge in [0.25, 0.3) is 0 Å². The first-order valence-electron chi connectivity index (χ1n) is 38.2. The fourth-order valence-corrected chi connectivity index (χ4v) is 18.3. The first kappa shape index (κ1) is 80.9. The van der Waals surface area contributed by atoms with Gasteiger partial charge >= 0.3 is 11.9 Å². The second-order valence-corrected chi connectivity index (χ2v) is 38.8. The fourth-order valence-electron chi connectivity index (χ4n) is 15.6. The Morgan fingerprint density at radius 1 is 0.537 bits per heavy atom. The van der Waals surface area contributed by atoms with Crippen LogP contribution in [0, 0.1) is 58.2 Å². The highest BCUT2D eigenvalue weighted by atomic mass is 32.2. The number of carbonyl (C=O) groups is 8. The molecule has 2 saturated heterocycles. The maximum Gasteiger partial charge on any atom is 0.307 e. The number of Topliss-reactive ketones (excluding diaryl/α,β-unsaturated/α-hetero) is 2. The van der Waals surface area contributed by atoms with E-state index < -0.39 is 111 Å². The molecule has 4 aliphatic carbocycles. The molecule has 588 valence electrons. The molecular weight excluding hydrogens is 1430 g/mol. The number of ketones is 2. The van der Waals surface area contributed by atoms with E-state index in [0.717, 1.165) is 25.7 Å². The predicted molar refractivity (Wildman–Crippen MR) is 402 cm³/mol. The van der Waals surface area contributed by atoms with Crippen molar-refractivity contribution >= 4 is 89.2 Å². The third-order valence-corrected chi connectivity index (χ3v) is 27.6. The zero-order valence-electron chi connectivity index (χ0n) is 64.8. The lowest BCUT2D eigenvalue weighted by molar-refractivity contribution is -0.160. The minimum absolute atomic E-state index is 0.0386. The normalized spacial score (nSPS) is 30.6. The highest BCUT2D eigenvalue weighted by Gasteiger charge is 2.65. The van der Waals surface area contributed by atoms with Crippen LogP contribution < -0.4 is 28.4 Å². The molecule has 2 aromatic carbocycles. The van der Waals surface area contributed by atoms with Crippen LogP contribution in [-0.2, 0) is 67.9 Å². The van der Waals surface area contributed by atoms with Crippen molar-refractivity contribution in [2.75, 3.05) is 27.3 Å². The highest BCUT2D eigenvalue weighted by molar-refractivity contribution is 7.92. The van der Waals surface area contributed by atoms with E-state index in [9.17, 15) is 55.2 Å². The second-order valence-electron chi connectivity index (χ2n) is 34.4. The molecule has 108 heavy (non-hydrogen) atoms. The van der Waals surface area contributed by atoms with Gasteiger partial charge in [0.2, 0.25) is 55.4 Å². The van der Waals surface area contributed by atoms with Crippen molar-refractivity contribution in [2.45, 2.75) is 244 Å². The van der Waals surface area contributed by atoms with E-state index in [0.29, 0.717) is 84.9 Å². The van der Waals surface area contributed by atoms with Crippen LogP contribution in [0.4, 0.5) is 0 Å². The number of sulfonamides is 2. The van der Waals surface area contributed by atoms with Crippen molar-refractivity contribution in [1.82, 2.24) is 39.2 Å². The topological polar surface area (TPSA) is 342 Å². The second kappa shape index (κ2) is 31.3. The summed E-state index contributed by atoms with van der Waals surface area (Å²) in [5, 5.41) is 0. The van der Waals surface area contributed by atoms with E-state index in [1.807, 2.05) is 38.2 Å². The van der Waals surface area contributed by atoms with Gasteiger partial charge in [0.15, 0.2) is 11.6 Å². The van der Waals surface area contributed by atoms with Crippen molar-refractivity contribution < 1.29 is 83.6 Å². The molecule has 28 heteroatoms. The summed E-state index contributed by atoms with van der Waals surface area (Å²) < 4.78 is 90.1. The van der Waals surface area contributed by atoms with Gasteiger partial charge in [0, 0.05) is 37.8 Å². The Labute approximate surface area is 634 Å². The Morgan fingerprint density at radius 3 is 1.25 bits per heavy atom. The maximum absolute atomic E-state index is 14.7. The van der Waals surface area contributed by atoms with Crippen LogP contribution >= 0.6 is 0 Å². The number of benzene rings is 2. The Morgan fingerprint density at radius 2 is 0.907 bits per heavy atom. The van der Waals surface area contributed by atoms with E-state index in [1.54, 1.807) is 106 Å². The van der Waals surface area contributed by atoms with E-state index in [4.69, 9.17) is 28.4 Å². The van der Waals surface area contributed by atoms with Crippen LogP contribution in [0.5, 0.6) is 23.3 Å². The standard InChI is InChI=1S/2C40H54N4O9S/c2*1-24-9-8-10-25(2)29(19-35(46)53-38(3,4)5)36(47)44-23-28(52-34-22-41-30-14-13-27(51-7)17-31(30)42-34)18-32(44)33(45)21-40(20-26(40)12-11-24)37(48)43-54(49,50)39(6)15-16-39/h2*11-14,17,22,24-26,28-29,32H,8-10,15-16,18-21,23H2,1-7H3,(H,43,48)/b2*12-11-/t24-,25+,26+,28+,29-,32-,40+;24-,25-,26-,28-,29+,32+,40-/m01/s1. The molecule has 0 spiro atoms. The molecule has 2 aromatic heterocycles. The monoisotopic (exact) mass is 1530 g/mol. The van der Waals surface area contributed by atoms with Crippen molar-refractivity contribution in [3.63, 3.8) is 0 Å². The maximum atomic E-state index is 14.7. The molecule has 14 atom stereocenters. The van der Waals surface area contributed by atoms with Gasteiger partial charge in [-0.15, -0.1) is 0 Å². The zero-order chi connectivity index (χ0) is 78.4. The fraction of sp³-hybridized carbons (Fsp3) is 0.650. The van der Waals surface area contributed by atoms with Gasteiger partial charge in [-0.2, -0.15) is 0 Å². The minimum Gasteiger partial charge on any atom is -0.497 e. The van der Waals surface area contributed by atoms with Gasteiger partial charge in [0.1, 0.15) is 34.9 Å². The summed E-state index contributed by atoms with van der Waals surface area (Å²) >= 11 is 0. The number of hydrogen-bond donors (Lipinski definition) is 2. The van der Waals surface area contributed by atoms with Crippen LogP contribution in [0.25, 0.3) is 22.1 Å². The van der Waals surface area contributed by atoms with Gasteiger partial charge in [-0.1, -0.05) is 64.8 Å². The number of ether oxygens (including phenoxy) is 6. The summed E-state index contributed by atoms with van der Waals surface area (Å²) in [6, 6.07) is 8.62. The van der Waals surface area contributed by atoms with E-state index >= 15 is 0 Å². The number of carbonyl (C=O) groups excluding carboxylic acids is 8. The number of hydrogen-bond acceptors (Lipinski definition) is 22. The number of esters is 2. The van der Waals surface area contributed by atoms with E-state index in [1.165, 1.54) is 22.2 Å². The molecule has 0 bridgehead atoms. The number of nitrogens with zero attached hydrogens (tertiary/aromatic N) is 6. The number of allylic oxidation sites excluding steroid dienone is 4. The zero-order valence-corrected chi connectivity index (χ0v) is 66.5. The molecule has 4 aliphatic heterocycles. The van der Waals surface area contributed by atoms with E-state index in [2.05, 4.69) is 43.2 Å². The number of aromatic nitrogens is 4. The quantitative estimate of drug-likeness (QED) is 0.0777. The molecular formula is C80H108N8O18S2. The summed E-state index contributed by atoms with van der Waals surface area (Å²) in [4.78, 5) is 134. The lowest BCUT2D eigenvalue weighted by Crippen LogP contribution is -2.48. The number of amides is 4. The van der Waals surface area contributed by atoms with Crippen LogP contribution in [0.1, 0.15) is 199 Å². The highest BCUT2D eigenvalue weighted by Crippen LogP contribution is 2.59. The number of nitrogens with one attached hydrogen (secondary N) is 2. The molecule has 2 N–H and O–H groups in total. The number of fused-ring (bicyclic) bond motifs is 6. The third-order valence-electron chi connectivity index (χ3n) is 23.3. The van der Waals surface area contributed by atoms with Gasteiger partial charge < -0.3 is 38.2 Å². The third kappa shape index (κ3) is 18.7. The lowest BCUT2D eigenvalue weighted by Gasteiger charge is -2.32.